The maximum Gasteiger partial charge on any atom is 0.261 e. The Morgan fingerprint density at radius 3 is 2.48 bits per heavy atom. The van der Waals surface area contributed by atoms with E-state index in [0.29, 0.717) is 17.9 Å². The Morgan fingerprint density at radius 1 is 1.14 bits per heavy atom. The molecule has 3 N–H and O–H groups in total. The molecule has 1 aromatic heterocycles. The molecule has 0 atom stereocenters. The monoisotopic (exact) mass is 305 g/mol. The molecule has 0 spiro atoms. The van der Waals surface area contributed by atoms with E-state index in [1.807, 2.05) is 13.8 Å². The van der Waals surface area contributed by atoms with Gasteiger partial charge in [0.15, 0.2) is 0 Å². The number of sulfonamides is 1. The van der Waals surface area contributed by atoms with Crippen LogP contribution in [-0.4, -0.2) is 13.4 Å². The molecule has 0 saturated heterocycles. The minimum Gasteiger partial charge on any atom is -0.326 e. The van der Waals surface area contributed by atoms with Crippen LogP contribution in [0.15, 0.2) is 35.2 Å². The van der Waals surface area contributed by atoms with Gasteiger partial charge in [0.25, 0.3) is 10.0 Å². The third-order valence-corrected chi connectivity index (χ3v) is 4.68. The second-order valence-corrected chi connectivity index (χ2v) is 6.67. The van der Waals surface area contributed by atoms with Crippen molar-refractivity contribution in [3.63, 3.8) is 0 Å². The first-order valence-corrected chi connectivity index (χ1v) is 8.08. The van der Waals surface area contributed by atoms with Crippen LogP contribution in [0.3, 0.4) is 0 Å². The maximum atomic E-state index is 12.4. The van der Waals surface area contributed by atoms with E-state index in [0.717, 1.165) is 16.8 Å². The molecule has 0 unspecified atom stereocenters. The van der Waals surface area contributed by atoms with Gasteiger partial charge < -0.3 is 5.73 Å². The van der Waals surface area contributed by atoms with Crippen LogP contribution in [0.2, 0.25) is 0 Å². The quantitative estimate of drug-likeness (QED) is 0.907. The number of anilines is 1. The fourth-order valence-corrected chi connectivity index (χ4v) is 3.20. The van der Waals surface area contributed by atoms with Crippen molar-refractivity contribution in [1.29, 1.82) is 0 Å². The second kappa shape index (κ2) is 5.83. The lowest BCUT2D eigenvalue weighted by Crippen LogP contribution is -2.15. The molecule has 5 nitrogen and oxygen atoms in total. The summed E-state index contributed by atoms with van der Waals surface area (Å²) >= 11 is 0. The van der Waals surface area contributed by atoms with Gasteiger partial charge in [-0.05, 0) is 56.2 Å². The predicted octanol–water partition coefficient (Wildman–Crippen LogP) is 2.27. The standard InChI is InChI=1S/C15H19N3O2S/c1-10-4-6-14(8-13(10)9-16)21(19,20)18-15-7-5-11(2)17-12(15)3/h4-8,18H,9,16H2,1-3H3. The predicted molar refractivity (Wildman–Crippen MR) is 83.6 cm³/mol. The zero-order valence-electron chi connectivity index (χ0n) is 12.3. The van der Waals surface area contributed by atoms with Crippen LogP contribution in [0.5, 0.6) is 0 Å². The maximum absolute atomic E-state index is 12.4. The molecule has 0 amide bonds. The summed E-state index contributed by atoms with van der Waals surface area (Å²) in [6.45, 7) is 5.84. The largest absolute Gasteiger partial charge is 0.326 e. The molecule has 0 radical (unpaired) electrons. The number of nitrogens with zero attached hydrogens (tertiary/aromatic N) is 1. The first kappa shape index (κ1) is 15.5. The molecule has 1 aromatic carbocycles. The summed E-state index contributed by atoms with van der Waals surface area (Å²) in [5.74, 6) is 0. The molecular weight excluding hydrogens is 286 g/mol. The third-order valence-electron chi connectivity index (χ3n) is 3.32. The average molecular weight is 305 g/mol. The van der Waals surface area contributed by atoms with Crippen LogP contribution < -0.4 is 10.5 Å². The number of rotatable bonds is 4. The lowest BCUT2D eigenvalue weighted by atomic mass is 10.1. The summed E-state index contributed by atoms with van der Waals surface area (Å²) in [7, 11) is -3.64. The molecule has 2 aromatic rings. The van der Waals surface area contributed by atoms with E-state index in [4.69, 9.17) is 5.73 Å². The third kappa shape index (κ3) is 3.40. The van der Waals surface area contributed by atoms with Crippen LogP contribution >= 0.6 is 0 Å². The Kier molecular flexibility index (Phi) is 4.29. The highest BCUT2D eigenvalue weighted by atomic mass is 32.2. The van der Waals surface area contributed by atoms with Gasteiger partial charge in [-0.15, -0.1) is 0 Å². The molecule has 0 saturated carbocycles. The topological polar surface area (TPSA) is 85.1 Å². The van der Waals surface area contributed by atoms with Crippen molar-refractivity contribution in [2.45, 2.75) is 32.2 Å². The van der Waals surface area contributed by atoms with E-state index in [2.05, 4.69) is 9.71 Å². The van der Waals surface area contributed by atoms with E-state index < -0.39 is 10.0 Å². The normalized spacial score (nSPS) is 11.4. The van der Waals surface area contributed by atoms with E-state index in [-0.39, 0.29) is 4.90 Å². The van der Waals surface area contributed by atoms with Crippen molar-refractivity contribution >= 4 is 15.7 Å². The summed E-state index contributed by atoms with van der Waals surface area (Å²) in [5, 5.41) is 0. The zero-order valence-corrected chi connectivity index (χ0v) is 13.2. The Labute approximate surface area is 125 Å². The van der Waals surface area contributed by atoms with Crippen LogP contribution in [0, 0.1) is 20.8 Å². The molecule has 0 aliphatic carbocycles. The van der Waals surface area contributed by atoms with Gasteiger partial charge in [-0.2, -0.15) is 0 Å². The van der Waals surface area contributed by atoms with Gasteiger partial charge in [0, 0.05) is 12.2 Å². The van der Waals surface area contributed by atoms with Gasteiger partial charge in [-0.25, -0.2) is 8.42 Å². The summed E-state index contributed by atoms with van der Waals surface area (Å²) in [5.41, 5.74) is 9.39. The summed E-state index contributed by atoms with van der Waals surface area (Å²) in [6.07, 6.45) is 0. The number of aromatic nitrogens is 1. The van der Waals surface area contributed by atoms with Gasteiger partial charge in [-0.3, -0.25) is 9.71 Å². The zero-order chi connectivity index (χ0) is 15.6. The van der Waals surface area contributed by atoms with E-state index in [1.54, 1.807) is 37.3 Å². The smallest absolute Gasteiger partial charge is 0.261 e. The van der Waals surface area contributed by atoms with Gasteiger partial charge in [0.05, 0.1) is 16.3 Å². The summed E-state index contributed by atoms with van der Waals surface area (Å²) in [4.78, 5) is 4.45. The molecule has 2 rings (SSSR count). The van der Waals surface area contributed by atoms with Gasteiger partial charge >= 0.3 is 0 Å². The summed E-state index contributed by atoms with van der Waals surface area (Å²) < 4.78 is 27.4. The summed E-state index contributed by atoms with van der Waals surface area (Å²) in [6, 6.07) is 8.43. The Bertz CT molecular complexity index is 770. The Balaban J connectivity index is 2.38. The van der Waals surface area contributed by atoms with Crippen LogP contribution in [-0.2, 0) is 16.6 Å². The van der Waals surface area contributed by atoms with Crippen molar-refractivity contribution in [1.82, 2.24) is 4.98 Å². The number of hydrogen-bond donors (Lipinski definition) is 2. The fourth-order valence-electron chi connectivity index (χ4n) is 2.03. The highest BCUT2D eigenvalue weighted by molar-refractivity contribution is 7.92. The van der Waals surface area contributed by atoms with Gasteiger partial charge in [0.1, 0.15) is 0 Å². The molecule has 6 heteroatoms. The molecule has 21 heavy (non-hydrogen) atoms. The molecule has 0 aliphatic heterocycles. The lowest BCUT2D eigenvalue weighted by Gasteiger charge is -2.12. The number of nitrogens with two attached hydrogens (primary N) is 1. The van der Waals surface area contributed by atoms with Crippen molar-refractivity contribution in [2.24, 2.45) is 5.73 Å². The highest BCUT2D eigenvalue weighted by Crippen LogP contribution is 2.20. The molecular formula is C15H19N3O2S. The number of nitrogens with one attached hydrogen (secondary N) is 1. The Hall–Kier alpha value is -1.92. The first-order chi connectivity index (χ1) is 9.83. The van der Waals surface area contributed by atoms with E-state index >= 15 is 0 Å². The minimum absolute atomic E-state index is 0.202. The van der Waals surface area contributed by atoms with Crippen LogP contribution in [0.1, 0.15) is 22.5 Å². The lowest BCUT2D eigenvalue weighted by molar-refractivity contribution is 0.601. The van der Waals surface area contributed by atoms with Crippen molar-refractivity contribution < 1.29 is 8.42 Å². The number of benzene rings is 1. The molecule has 1 heterocycles. The highest BCUT2D eigenvalue weighted by Gasteiger charge is 2.16. The first-order valence-electron chi connectivity index (χ1n) is 6.60. The number of hydrogen-bond acceptors (Lipinski definition) is 4. The fraction of sp³-hybridized carbons (Fsp3) is 0.267. The van der Waals surface area contributed by atoms with Crippen molar-refractivity contribution in [3.8, 4) is 0 Å². The molecule has 0 aliphatic rings. The van der Waals surface area contributed by atoms with Crippen LogP contribution in [0.4, 0.5) is 5.69 Å². The Morgan fingerprint density at radius 2 is 1.86 bits per heavy atom. The minimum atomic E-state index is -3.64. The van der Waals surface area contributed by atoms with Crippen molar-refractivity contribution in [2.75, 3.05) is 4.72 Å². The van der Waals surface area contributed by atoms with Crippen LogP contribution in [0.25, 0.3) is 0 Å². The van der Waals surface area contributed by atoms with Gasteiger partial charge in [0.2, 0.25) is 0 Å². The van der Waals surface area contributed by atoms with E-state index in [1.165, 1.54) is 0 Å². The molecule has 0 bridgehead atoms. The number of pyridine rings is 1. The molecule has 112 valence electrons. The number of aryl methyl sites for hydroxylation is 3. The average Bonchev–Trinajstić information content (AvgIpc) is 2.42. The second-order valence-electron chi connectivity index (χ2n) is 4.98. The van der Waals surface area contributed by atoms with E-state index in [9.17, 15) is 8.42 Å². The molecule has 0 fully saturated rings. The van der Waals surface area contributed by atoms with Gasteiger partial charge in [-0.1, -0.05) is 6.07 Å². The SMILES string of the molecule is Cc1ccc(NS(=O)(=O)c2ccc(C)c(CN)c2)c(C)n1. The van der Waals surface area contributed by atoms with Crippen molar-refractivity contribution in [3.05, 3.63) is 52.8 Å².